The van der Waals surface area contributed by atoms with Gasteiger partial charge in [0.25, 0.3) is 5.91 Å². The summed E-state index contributed by atoms with van der Waals surface area (Å²) in [5, 5.41) is 6.79. The molecule has 2 aromatic heterocycles. The number of benzene rings is 1. The molecule has 0 spiro atoms. The lowest BCUT2D eigenvalue weighted by atomic mass is 10.1. The van der Waals surface area contributed by atoms with Crippen molar-refractivity contribution in [1.82, 2.24) is 19.7 Å². The van der Waals surface area contributed by atoms with Crippen LogP contribution in [0.3, 0.4) is 0 Å². The van der Waals surface area contributed by atoms with E-state index in [4.69, 9.17) is 4.52 Å². The fourth-order valence-electron chi connectivity index (χ4n) is 2.38. The third kappa shape index (κ3) is 3.12. The van der Waals surface area contributed by atoms with Crippen molar-refractivity contribution >= 4 is 23.9 Å². The molecule has 2 heterocycles. The number of amides is 1. The molecule has 0 radical (unpaired) electrons. The number of anilines is 1. The average Bonchev–Trinajstić information content (AvgIpc) is 3.22. The second-order valence-corrected chi connectivity index (χ2v) is 5.38. The van der Waals surface area contributed by atoms with Crippen molar-refractivity contribution in [1.29, 1.82) is 0 Å². The monoisotopic (exact) mass is 335 g/mol. The Labute approximate surface area is 144 Å². The van der Waals surface area contributed by atoms with E-state index in [-0.39, 0.29) is 5.91 Å². The van der Waals surface area contributed by atoms with Crippen molar-refractivity contribution in [2.75, 3.05) is 5.32 Å². The molecule has 0 aliphatic carbocycles. The number of hydrogen-bond donors (Lipinski definition) is 1. The molecule has 1 N–H and O–H groups in total. The van der Waals surface area contributed by atoms with Gasteiger partial charge in [0.1, 0.15) is 11.5 Å². The van der Waals surface area contributed by atoms with Gasteiger partial charge in [-0.3, -0.25) is 9.36 Å². The minimum absolute atomic E-state index is 0.301. The first kappa shape index (κ1) is 16.4. The molecular formula is C18H17N5O2. The van der Waals surface area contributed by atoms with Gasteiger partial charge in [-0.1, -0.05) is 30.4 Å². The van der Waals surface area contributed by atoms with Crippen molar-refractivity contribution in [3.63, 3.8) is 0 Å². The van der Waals surface area contributed by atoms with E-state index in [9.17, 15) is 4.79 Å². The van der Waals surface area contributed by atoms with Crippen LogP contribution in [0.2, 0.25) is 0 Å². The molecule has 25 heavy (non-hydrogen) atoms. The van der Waals surface area contributed by atoms with Gasteiger partial charge in [-0.25, -0.2) is 4.98 Å². The van der Waals surface area contributed by atoms with E-state index in [1.165, 1.54) is 12.4 Å². The van der Waals surface area contributed by atoms with Crippen LogP contribution in [0.15, 0.2) is 42.1 Å². The second-order valence-electron chi connectivity index (χ2n) is 5.38. The molecule has 0 fully saturated rings. The molecule has 1 aromatic carbocycles. The number of nitrogens with one attached hydrogen (secondary N) is 1. The third-order valence-electron chi connectivity index (χ3n) is 3.69. The molecule has 3 aromatic rings. The molecule has 126 valence electrons. The van der Waals surface area contributed by atoms with Crippen LogP contribution < -0.4 is 5.32 Å². The van der Waals surface area contributed by atoms with Crippen LogP contribution in [-0.2, 0) is 0 Å². The molecule has 0 aliphatic rings. The summed E-state index contributed by atoms with van der Waals surface area (Å²) in [7, 11) is 0. The highest BCUT2D eigenvalue weighted by Crippen LogP contribution is 2.24. The van der Waals surface area contributed by atoms with Crippen LogP contribution in [0.1, 0.15) is 27.8 Å². The van der Waals surface area contributed by atoms with Crippen LogP contribution in [-0.4, -0.2) is 25.6 Å². The number of hydrogen-bond acceptors (Lipinski definition) is 5. The number of aromatic nitrogens is 4. The molecule has 0 saturated heterocycles. The van der Waals surface area contributed by atoms with Gasteiger partial charge in [-0.15, -0.1) is 0 Å². The fourth-order valence-corrected chi connectivity index (χ4v) is 2.38. The number of imidazole rings is 1. The fraction of sp³-hybridized carbons (Fsp3) is 0.111. The van der Waals surface area contributed by atoms with Crippen molar-refractivity contribution < 1.29 is 9.32 Å². The summed E-state index contributed by atoms with van der Waals surface area (Å²) in [6.07, 6.45) is 4.56. The average molecular weight is 335 g/mol. The number of nitrogens with zero attached hydrogens (tertiary/aromatic N) is 4. The van der Waals surface area contributed by atoms with Crippen molar-refractivity contribution in [3.05, 3.63) is 60.5 Å². The van der Waals surface area contributed by atoms with E-state index in [0.717, 1.165) is 11.1 Å². The number of carbonyl (C=O) groups is 1. The maximum absolute atomic E-state index is 12.6. The Balaban J connectivity index is 1.92. The van der Waals surface area contributed by atoms with Gasteiger partial charge in [-0.05, 0) is 24.6 Å². The molecule has 0 aliphatic heterocycles. The molecule has 0 atom stereocenters. The standard InChI is InChI=1S/C18H17N5O2/c1-5-16-19-10-15(23(16)6-2)18(24)21-14-9-13(8-7-11(14)3)17-20-12(4)25-22-17/h5-10H,1-2H2,3-4H3,(H,21,24). The Morgan fingerprint density at radius 2 is 2.12 bits per heavy atom. The maximum atomic E-state index is 12.6. The van der Waals surface area contributed by atoms with Gasteiger partial charge in [0.15, 0.2) is 0 Å². The van der Waals surface area contributed by atoms with Gasteiger partial charge >= 0.3 is 0 Å². The molecule has 0 bridgehead atoms. The maximum Gasteiger partial charge on any atom is 0.274 e. The van der Waals surface area contributed by atoms with Gasteiger partial charge in [-0.2, -0.15) is 4.98 Å². The number of aryl methyl sites for hydroxylation is 2. The SMILES string of the molecule is C=Cc1ncc(C(=O)Nc2cc(-c3noc(C)n3)ccc2C)n1C=C. The third-order valence-corrected chi connectivity index (χ3v) is 3.69. The minimum atomic E-state index is -0.301. The Bertz CT molecular complexity index is 968. The predicted octanol–water partition coefficient (Wildman–Crippen LogP) is 3.55. The molecule has 7 heteroatoms. The van der Waals surface area contributed by atoms with Crippen LogP contribution in [0.4, 0.5) is 5.69 Å². The molecule has 1 amide bonds. The summed E-state index contributed by atoms with van der Waals surface area (Å²) in [5.74, 6) is 1.20. The molecule has 0 unspecified atom stereocenters. The topological polar surface area (TPSA) is 85.8 Å². The predicted molar refractivity (Wildman–Crippen MR) is 95.9 cm³/mol. The van der Waals surface area contributed by atoms with Crippen molar-refractivity contribution in [2.24, 2.45) is 0 Å². The summed E-state index contributed by atoms with van der Waals surface area (Å²) in [4.78, 5) is 21.0. The van der Waals surface area contributed by atoms with Gasteiger partial charge < -0.3 is 9.84 Å². The zero-order valence-corrected chi connectivity index (χ0v) is 14.0. The number of carbonyl (C=O) groups excluding carboxylic acids is 1. The quantitative estimate of drug-likeness (QED) is 0.770. The van der Waals surface area contributed by atoms with E-state index in [2.05, 4.69) is 33.6 Å². The normalized spacial score (nSPS) is 10.5. The lowest BCUT2D eigenvalue weighted by Crippen LogP contribution is -2.16. The summed E-state index contributed by atoms with van der Waals surface area (Å²) < 4.78 is 6.58. The Hall–Kier alpha value is -3.48. The van der Waals surface area contributed by atoms with Gasteiger partial charge in [0.2, 0.25) is 11.7 Å². The smallest absolute Gasteiger partial charge is 0.274 e. The lowest BCUT2D eigenvalue weighted by Gasteiger charge is -2.10. The van der Waals surface area contributed by atoms with Crippen LogP contribution >= 0.6 is 0 Å². The second kappa shape index (κ2) is 6.56. The Morgan fingerprint density at radius 3 is 2.76 bits per heavy atom. The highest BCUT2D eigenvalue weighted by molar-refractivity contribution is 6.04. The lowest BCUT2D eigenvalue weighted by molar-refractivity contribution is 0.102. The molecular weight excluding hydrogens is 318 g/mol. The highest BCUT2D eigenvalue weighted by Gasteiger charge is 2.16. The van der Waals surface area contributed by atoms with E-state index in [1.54, 1.807) is 23.6 Å². The first-order valence-electron chi connectivity index (χ1n) is 7.58. The minimum Gasteiger partial charge on any atom is -0.339 e. The summed E-state index contributed by atoms with van der Waals surface area (Å²) >= 11 is 0. The van der Waals surface area contributed by atoms with Crippen molar-refractivity contribution in [3.8, 4) is 11.4 Å². The first-order valence-corrected chi connectivity index (χ1v) is 7.58. The van der Waals surface area contributed by atoms with Gasteiger partial charge in [0, 0.05) is 24.4 Å². The summed E-state index contributed by atoms with van der Waals surface area (Å²) in [5.41, 5.74) is 2.68. The zero-order chi connectivity index (χ0) is 18.0. The molecule has 0 saturated carbocycles. The van der Waals surface area contributed by atoms with E-state index in [0.29, 0.717) is 28.9 Å². The van der Waals surface area contributed by atoms with E-state index < -0.39 is 0 Å². The van der Waals surface area contributed by atoms with Crippen LogP contribution in [0.25, 0.3) is 23.7 Å². The highest BCUT2D eigenvalue weighted by atomic mass is 16.5. The Kier molecular flexibility index (Phi) is 4.30. The van der Waals surface area contributed by atoms with Crippen LogP contribution in [0.5, 0.6) is 0 Å². The van der Waals surface area contributed by atoms with E-state index in [1.807, 2.05) is 19.1 Å². The van der Waals surface area contributed by atoms with Crippen molar-refractivity contribution in [2.45, 2.75) is 13.8 Å². The molecule has 3 rings (SSSR count). The van der Waals surface area contributed by atoms with Crippen LogP contribution in [0, 0.1) is 13.8 Å². The first-order chi connectivity index (χ1) is 12.0. The number of rotatable bonds is 5. The summed E-state index contributed by atoms with van der Waals surface area (Å²) in [6.45, 7) is 11.0. The van der Waals surface area contributed by atoms with E-state index >= 15 is 0 Å². The zero-order valence-electron chi connectivity index (χ0n) is 14.0. The largest absolute Gasteiger partial charge is 0.339 e. The summed E-state index contributed by atoms with van der Waals surface area (Å²) in [6, 6.07) is 5.57. The Morgan fingerprint density at radius 1 is 1.32 bits per heavy atom. The van der Waals surface area contributed by atoms with Gasteiger partial charge in [0.05, 0.1) is 6.20 Å². The molecule has 7 nitrogen and oxygen atoms in total.